The second-order valence-corrected chi connectivity index (χ2v) is 5.80. The largest absolute Gasteiger partial charge is 0.462 e. The lowest BCUT2D eigenvalue weighted by Gasteiger charge is -2.21. The standard InChI is InChI=1S/C17H20N2O2/c1-5-21-16(20)13-6-7-14(12-8-10-18-11-9-12)19-15(13)17(2,3)4/h6-11H,5H2,1-4H3. The number of hydrogen-bond acceptors (Lipinski definition) is 4. The van der Waals surface area contributed by atoms with Crippen LogP contribution in [0.3, 0.4) is 0 Å². The third kappa shape index (κ3) is 3.45. The summed E-state index contributed by atoms with van der Waals surface area (Å²) in [7, 11) is 0. The van der Waals surface area contributed by atoms with Gasteiger partial charge in [0.25, 0.3) is 0 Å². The van der Waals surface area contributed by atoms with E-state index in [-0.39, 0.29) is 11.4 Å². The molecular weight excluding hydrogens is 264 g/mol. The number of esters is 1. The monoisotopic (exact) mass is 284 g/mol. The highest BCUT2D eigenvalue weighted by molar-refractivity contribution is 5.91. The van der Waals surface area contributed by atoms with E-state index in [1.807, 2.05) is 39.0 Å². The van der Waals surface area contributed by atoms with Gasteiger partial charge in [0, 0.05) is 23.4 Å². The molecule has 0 amide bonds. The average molecular weight is 284 g/mol. The molecule has 21 heavy (non-hydrogen) atoms. The Morgan fingerprint density at radius 1 is 1.14 bits per heavy atom. The normalized spacial score (nSPS) is 11.2. The minimum Gasteiger partial charge on any atom is -0.462 e. The summed E-state index contributed by atoms with van der Waals surface area (Å²) in [5, 5.41) is 0. The molecule has 0 unspecified atom stereocenters. The molecule has 0 spiro atoms. The molecule has 0 fully saturated rings. The number of carbonyl (C=O) groups excluding carboxylic acids is 1. The maximum atomic E-state index is 12.1. The highest BCUT2D eigenvalue weighted by Gasteiger charge is 2.25. The number of aromatic nitrogens is 2. The molecule has 0 saturated carbocycles. The molecule has 4 nitrogen and oxygen atoms in total. The zero-order valence-corrected chi connectivity index (χ0v) is 12.9. The zero-order valence-electron chi connectivity index (χ0n) is 12.9. The fraction of sp³-hybridized carbons (Fsp3) is 0.353. The maximum Gasteiger partial charge on any atom is 0.340 e. The van der Waals surface area contributed by atoms with E-state index in [9.17, 15) is 4.79 Å². The lowest BCUT2D eigenvalue weighted by Crippen LogP contribution is -2.20. The van der Waals surface area contributed by atoms with Gasteiger partial charge < -0.3 is 4.74 Å². The maximum absolute atomic E-state index is 12.1. The van der Waals surface area contributed by atoms with E-state index in [0.29, 0.717) is 12.2 Å². The lowest BCUT2D eigenvalue weighted by molar-refractivity contribution is 0.0523. The Labute approximate surface area is 125 Å². The summed E-state index contributed by atoms with van der Waals surface area (Å²) in [5.74, 6) is -0.323. The van der Waals surface area contributed by atoms with Crippen molar-refractivity contribution in [2.75, 3.05) is 6.61 Å². The first-order valence-corrected chi connectivity index (χ1v) is 7.02. The fourth-order valence-electron chi connectivity index (χ4n) is 2.09. The van der Waals surface area contributed by atoms with Crippen LogP contribution in [0.15, 0.2) is 36.7 Å². The number of hydrogen-bond donors (Lipinski definition) is 0. The van der Waals surface area contributed by atoms with E-state index < -0.39 is 0 Å². The third-order valence-corrected chi connectivity index (χ3v) is 3.08. The van der Waals surface area contributed by atoms with Crippen molar-refractivity contribution in [3.63, 3.8) is 0 Å². The molecule has 110 valence electrons. The van der Waals surface area contributed by atoms with E-state index in [2.05, 4.69) is 9.97 Å². The van der Waals surface area contributed by atoms with Crippen LogP contribution in [0.25, 0.3) is 11.3 Å². The molecule has 0 aliphatic carbocycles. The molecule has 0 aliphatic rings. The summed E-state index contributed by atoms with van der Waals surface area (Å²) in [4.78, 5) is 20.8. The molecule has 2 rings (SSSR count). The molecular formula is C17H20N2O2. The fourth-order valence-corrected chi connectivity index (χ4v) is 2.09. The van der Waals surface area contributed by atoms with Crippen LogP contribution in [0.4, 0.5) is 0 Å². The van der Waals surface area contributed by atoms with Crippen molar-refractivity contribution >= 4 is 5.97 Å². The number of carbonyl (C=O) groups is 1. The smallest absolute Gasteiger partial charge is 0.340 e. The zero-order chi connectivity index (χ0) is 15.5. The Kier molecular flexibility index (Phi) is 4.36. The van der Waals surface area contributed by atoms with Crippen molar-refractivity contribution in [1.82, 2.24) is 9.97 Å². The Morgan fingerprint density at radius 2 is 1.81 bits per heavy atom. The molecule has 0 radical (unpaired) electrons. The SMILES string of the molecule is CCOC(=O)c1ccc(-c2ccncc2)nc1C(C)(C)C. The Hall–Kier alpha value is -2.23. The Morgan fingerprint density at radius 3 is 2.38 bits per heavy atom. The Bertz CT molecular complexity index is 631. The van der Waals surface area contributed by atoms with Crippen molar-refractivity contribution in [2.24, 2.45) is 0 Å². The van der Waals surface area contributed by atoms with Crippen LogP contribution in [-0.2, 0) is 10.2 Å². The van der Waals surface area contributed by atoms with Crippen LogP contribution in [0, 0.1) is 0 Å². The molecule has 2 heterocycles. The minimum absolute atomic E-state index is 0.245. The summed E-state index contributed by atoms with van der Waals surface area (Å²) >= 11 is 0. The minimum atomic E-state index is -0.323. The molecule has 0 N–H and O–H groups in total. The molecule has 2 aromatic heterocycles. The van der Waals surface area contributed by atoms with Crippen LogP contribution < -0.4 is 0 Å². The first-order valence-electron chi connectivity index (χ1n) is 7.02. The van der Waals surface area contributed by atoms with Gasteiger partial charge in [-0.25, -0.2) is 4.79 Å². The van der Waals surface area contributed by atoms with Gasteiger partial charge in [0.1, 0.15) is 0 Å². The van der Waals surface area contributed by atoms with E-state index in [0.717, 1.165) is 17.0 Å². The first kappa shape index (κ1) is 15.2. The van der Waals surface area contributed by atoms with Crippen molar-refractivity contribution in [3.05, 3.63) is 47.9 Å². The molecule has 4 heteroatoms. The highest BCUT2D eigenvalue weighted by atomic mass is 16.5. The van der Waals surface area contributed by atoms with Crippen LogP contribution >= 0.6 is 0 Å². The molecule has 0 aliphatic heterocycles. The quantitative estimate of drug-likeness (QED) is 0.808. The van der Waals surface area contributed by atoms with E-state index >= 15 is 0 Å². The van der Waals surface area contributed by atoms with Gasteiger partial charge in [0.2, 0.25) is 0 Å². The predicted molar refractivity (Wildman–Crippen MR) is 82.1 cm³/mol. The molecule has 0 bridgehead atoms. The second kappa shape index (κ2) is 6.04. The first-order chi connectivity index (χ1) is 9.93. The third-order valence-electron chi connectivity index (χ3n) is 3.08. The van der Waals surface area contributed by atoms with Crippen LogP contribution in [0.1, 0.15) is 43.7 Å². The Balaban J connectivity index is 2.53. The van der Waals surface area contributed by atoms with Gasteiger partial charge in [0.15, 0.2) is 0 Å². The summed E-state index contributed by atoms with van der Waals surface area (Å²) in [6.45, 7) is 8.26. The van der Waals surface area contributed by atoms with E-state index in [4.69, 9.17) is 4.74 Å². The van der Waals surface area contributed by atoms with Gasteiger partial charge in [-0.05, 0) is 31.2 Å². The van der Waals surface area contributed by atoms with Crippen LogP contribution in [0.2, 0.25) is 0 Å². The molecule has 0 atom stereocenters. The summed E-state index contributed by atoms with van der Waals surface area (Å²) in [6, 6.07) is 7.44. The average Bonchev–Trinajstić information content (AvgIpc) is 2.47. The van der Waals surface area contributed by atoms with Gasteiger partial charge >= 0.3 is 5.97 Å². The molecule has 0 saturated heterocycles. The van der Waals surface area contributed by atoms with Crippen molar-refractivity contribution in [3.8, 4) is 11.3 Å². The van der Waals surface area contributed by atoms with Gasteiger partial charge in [0.05, 0.1) is 23.6 Å². The number of nitrogens with zero attached hydrogens (tertiary/aromatic N) is 2. The summed E-state index contributed by atoms with van der Waals surface area (Å²) < 4.78 is 5.12. The lowest BCUT2D eigenvalue weighted by atomic mass is 9.88. The summed E-state index contributed by atoms with van der Waals surface area (Å²) in [5.41, 5.74) is 2.84. The predicted octanol–water partition coefficient (Wildman–Crippen LogP) is 3.62. The topological polar surface area (TPSA) is 52.1 Å². The van der Waals surface area contributed by atoms with Gasteiger partial charge in [-0.3, -0.25) is 9.97 Å². The van der Waals surface area contributed by atoms with E-state index in [1.54, 1.807) is 25.4 Å². The van der Waals surface area contributed by atoms with Gasteiger partial charge in [-0.1, -0.05) is 20.8 Å². The van der Waals surface area contributed by atoms with Gasteiger partial charge in [-0.15, -0.1) is 0 Å². The van der Waals surface area contributed by atoms with Crippen LogP contribution in [0.5, 0.6) is 0 Å². The number of pyridine rings is 2. The summed E-state index contributed by atoms with van der Waals surface area (Å²) in [6.07, 6.45) is 3.46. The van der Waals surface area contributed by atoms with Crippen molar-refractivity contribution in [1.29, 1.82) is 0 Å². The second-order valence-electron chi connectivity index (χ2n) is 5.80. The van der Waals surface area contributed by atoms with Crippen molar-refractivity contribution in [2.45, 2.75) is 33.1 Å². The van der Waals surface area contributed by atoms with E-state index in [1.165, 1.54) is 0 Å². The molecule has 2 aromatic rings. The highest BCUT2D eigenvalue weighted by Crippen LogP contribution is 2.27. The van der Waals surface area contributed by atoms with Crippen LogP contribution in [-0.4, -0.2) is 22.5 Å². The van der Waals surface area contributed by atoms with Crippen molar-refractivity contribution < 1.29 is 9.53 Å². The molecule has 0 aromatic carbocycles. The van der Waals surface area contributed by atoms with Gasteiger partial charge in [-0.2, -0.15) is 0 Å². The number of rotatable bonds is 3. The number of ether oxygens (including phenoxy) is 1.